The Balaban J connectivity index is 2.68. The predicted molar refractivity (Wildman–Crippen MR) is 79.2 cm³/mol. The summed E-state index contributed by atoms with van der Waals surface area (Å²) >= 11 is 0. The highest BCUT2D eigenvalue weighted by atomic mass is 16.6. The van der Waals surface area contributed by atoms with Crippen LogP contribution in [0.5, 0.6) is 5.75 Å². The molecular weight excluding hydrogens is 274 g/mol. The second-order valence-corrected chi connectivity index (χ2v) is 5.14. The van der Waals surface area contributed by atoms with Crippen LogP contribution in [-0.4, -0.2) is 29.5 Å². The summed E-state index contributed by atoms with van der Waals surface area (Å²) in [6.45, 7) is 5.80. The quantitative estimate of drug-likeness (QED) is 0.558. The van der Waals surface area contributed by atoms with Crippen molar-refractivity contribution >= 4 is 11.6 Å². The lowest BCUT2D eigenvalue weighted by Gasteiger charge is -2.18. The first-order chi connectivity index (χ1) is 9.81. The molecule has 0 heterocycles. The fourth-order valence-corrected chi connectivity index (χ4v) is 1.88. The van der Waals surface area contributed by atoms with Gasteiger partial charge in [0.15, 0.2) is 5.75 Å². The van der Waals surface area contributed by atoms with Gasteiger partial charge in [0.05, 0.1) is 17.6 Å². The minimum absolute atomic E-state index is 0.0898. The zero-order valence-corrected chi connectivity index (χ0v) is 12.5. The second kappa shape index (κ2) is 7.58. The molecule has 0 fully saturated rings. The van der Waals surface area contributed by atoms with Gasteiger partial charge in [0.2, 0.25) is 5.91 Å². The van der Waals surface area contributed by atoms with Crippen LogP contribution in [-0.2, 0) is 4.79 Å². The van der Waals surface area contributed by atoms with Crippen molar-refractivity contribution in [2.75, 3.05) is 6.61 Å². The molecule has 1 aromatic rings. The van der Waals surface area contributed by atoms with Crippen molar-refractivity contribution < 1.29 is 14.5 Å². The summed E-state index contributed by atoms with van der Waals surface area (Å²) in [7, 11) is 0. The second-order valence-electron chi connectivity index (χ2n) is 5.14. The number of nitrogens with zero attached hydrogens (tertiary/aromatic N) is 1. The van der Waals surface area contributed by atoms with Crippen LogP contribution in [0.4, 0.5) is 5.69 Å². The van der Waals surface area contributed by atoms with Crippen molar-refractivity contribution in [1.82, 2.24) is 5.32 Å². The standard InChI is InChI=1S/C14H21N3O4/c1-9(2)16-11(14(15)18)6-7-21-13-8-10(3)4-5-12(13)17(19)20/h4-5,8-9,11,16H,6-7H2,1-3H3,(H2,15,18). The van der Waals surface area contributed by atoms with Crippen LogP contribution in [0.3, 0.4) is 0 Å². The largest absolute Gasteiger partial charge is 0.487 e. The Kier molecular flexibility index (Phi) is 6.10. The van der Waals surface area contributed by atoms with Crippen LogP contribution >= 0.6 is 0 Å². The molecular formula is C14H21N3O4. The molecule has 1 atom stereocenters. The summed E-state index contributed by atoms with van der Waals surface area (Å²) in [5.74, 6) is -0.265. The zero-order valence-electron chi connectivity index (χ0n) is 12.5. The molecule has 0 aromatic heterocycles. The first-order valence-electron chi connectivity index (χ1n) is 6.74. The summed E-state index contributed by atoms with van der Waals surface area (Å²) in [5.41, 5.74) is 6.07. The average molecular weight is 295 g/mol. The highest BCUT2D eigenvalue weighted by Crippen LogP contribution is 2.27. The lowest BCUT2D eigenvalue weighted by atomic mass is 10.2. The molecule has 0 aliphatic carbocycles. The van der Waals surface area contributed by atoms with Gasteiger partial charge in [-0.25, -0.2) is 0 Å². The number of benzene rings is 1. The van der Waals surface area contributed by atoms with Gasteiger partial charge >= 0.3 is 5.69 Å². The third-order valence-corrected chi connectivity index (χ3v) is 2.85. The molecule has 0 saturated heterocycles. The van der Waals surface area contributed by atoms with Gasteiger partial charge in [-0.2, -0.15) is 0 Å². The number of hydrogen-bond acceptors (Lipinski definition) is 5. The number of carbonyl (C=O) groups excluding carboxylic acids is 1. The van der Waals surface area contributed by atoms with E-state index in [9.17, 15) is 14.9 Å². The van der Waals surface area contributed by atoms with Gasteiger partial charge in [0.25, 0.3) is 0 Å². The normalized spacial score (nSPS) is 12.2. The van der Waals surface area contributed by atoms with Crippen molar-refractivity contribution in [2.24, 2.45) is 5.73 Å². The van der Waals surface area contributed by atoms with E-state index < -0.39 is 16.9 Å². The molecule has 7 heteroatoms. The number of hydrogen-bond donors (Lipinski definition) is 2. The van der Waals surface area contributed by atoms with Gasteiger partial charge in [-0.15, -0.1) is 0 Å². The lowest BCUT2D eigenvalue weighted by Crippen LogP contribution is -2.45. The maximum atomic E-state index is 11.3. The molecule has 0 aliphatic heterocycles. The average Bonchev–Trinajstić information content (AvgIpc) is 2.36. The number of nitrogens with two attached hydrogens (primary N) is 1. The fraction of sp³-hybridized carbons (Fsp3) is 0.500. The van der Waals surface area contributed by atoms with Crippen molar-refractivity contribution in [3.63, 3.8) is 0 Å². The molecule has 0 bridgehead atoms. The zero-order chi connectivity index (χ0) is 16.0. The Hall–Kier alpha value is -2.15. The van der Waals surface area contributed by atoms with Crippen LogP contribution in [0.15, 0.2) is 18.2 Å². The molecule has 0 saturated carbocycles. The minimum Gasteiger partial charge on any atom is -0.487 e. The first kappa shape index (κ1) is 16.9. The number of aryl methyl sites for hydroxylation is 1. The monoisotopic (exact) mass is 295 g/mol. The van der Waals surface area contributed by atoms with Gasteiger partial charge in [-0.05, 0) is 18.6 Å². The molecule has 1 unspecified atom stereocenters. The molecule has 0 spiro atoms. The van der Waals surface area contributed by atoms with E-state index in [2.05, 4.69) is 5.32 Å². The summed E-state index contributed by atoms with van der Waals surface area (Å²) in [4.78, 5) is 21.7. The Morgan fingerprint density at radius 1 is 1.48 bits per heavy atom. The van der Waals surface area contributed by atoms with Crippen LogP contribution in [0.2, 0.25) is 0 Å². The van der Waals surface area contributed by atoms with Crippen LogP contribution in [0, 0.1) is 17.0 Å². The smallest absolute Gasteiger partial charge is 0.310 e. The van der Waals surface area contributed by atoms with Crippen LogP contribution < -0.4 is 15.8 Å². The minimum atomic E-state index is -0.520. The van der Waals surface area contributed by atoms with Crippen LogP contribution in [0.25, 0.3) is 0 Å². The fourth-order valence-electron chi connectivity index (χ4n) is 1.88. The Labute approximate surface area is 123 Å². The number of nitro benzene ring substituents is 1. The van der Waals surface area contributed by atoms with Gasteiger partial charge in [-0.1, -0.05) is 19.9 Å². The summed E-state index contributed by atoms with van der Waals surface area (Å²) < 4.78 is 5.45. The summed E-state index contributed by atoms with van der Waals surface area (Å²) in [6.07, 6.45) is 0.346. The maximum Gasteiger partial charge on any atom is 0.310 e. The molecule has 7 nitrogen and oxygen atoms in total. The Bertz CT molecular complexity index is 517. The topological polar surface area (TPSA) is 107 Å². The van der Waals surface area contributed by atoms with E-state index in [0.29, 0.717) is 6.42 Å². The maximum absolute atomic E-state index is 11.3. The third-order valence-electron chi connectivity index (χ3n) is 2.85. The molecule has 3 N–H and O–H groups in total. The van der Waals surface area contributed by atoms with Crippen molar-refractivity contribution in [3.05, 3.63) is 33.9 Å². The number of nitro groups is 1. The van der Waals surface area contributed by atoms with E-state index in [1.807, 2.05) is 20.8 Å². The van der Waals surface area contributed by atoms with E-state index in [-0.39, 0.29) is 24.1 Å². The van der Waals surface area contributed by atoms with Crippen molar-refractivity contribution in [2.45, 2.75) is 39.3 Å². The SMILES string of the molecule is Cc1ccc([N+](=O)[O-])c(OCCC(NC(C)C)C(N)=O)c1. The van der Waals surface area contributed by atoms with E-state index in [1.54, 1.807) is 12.1 Å². The number of rotatable bonds is 8. The Morgan fingerprint density at radius 3 is 2.67 bits per heavy atom. The van der Waals surface area contributed by atoms with E-state index in [0.717, 1.165) is 5.56 Å². The highest BCUT2D eigenvalue weighted by Gasteiger charge is 2.18. The van der Waals surface area contributed by atoms with Gasteiger partial charge in [0.1, 0.15) is 0 Å². The van der Waals surface area contributed by atoms with Crippen molar-refractivity contribution in [1.29, 1.82) is 0 Å². The molecule has 0 radical (unpaired) electrons. The predicted octanol–water partition coefficient (Wildman–Crippen LogP) is 1.52. The van der Waals surface area contributed by atoms with E-state index in [1.165, 1.54) is 6.07 Å². The van der Waals surface area contributed by atoms with E-state index in [4.69, 9.17) is 10.5 Å². The highest BCUT2D eigenvalue weighted by molar-refractivity contribution is 5.79. The lowest BCUT2D eigenvalue weighted by molar-refractivity contribution is -0.385. The molecule has 0 aliphatic rings. The number of nitrogens with one attached hydrogen (secondary N) is 1. The first-order valence-corrected chi connectivity index (χ1v) is 6.74. The molecule has 1 amide bonds. The Morgan fingerprint density at radius 2 is 2.14 bits per heavy atom. The number of carbonyl (C=O) groups is 1. The van der Waals surface area contributed by atoms with Gasteiger partial charge in [0, 0.05) is 18.5 Å². The molecule has 1 aromatic carbocycles. The molecule has 21 heavy (non-hydrogen) atoms. The molecule has 1 rings (SSSR count). The number of amides is 1. The number of ether oxygens (including phenoxy) is 1. The molecule has 116 valence electrons. The number of primary amides is 1. The van der Waals surface area contributed by atoms with Gasteiger partial charge < -0.3 is 15.8 Å². The van der Waals surface area contributed by atoms with Crippen molar-refractivity contribution in [3.8, 4) is 5.75 Å². The van der Waals surface area contributed by atoms with Crippen LogP contribution in [0.1, 0.15) is 25.8 Å². The van der Waals surface area contributed by atoms with Gasteiger partial charge in [-0.3, -0.25) is 14.9 Å². The third kappa shape index (κ3) is 5.39. The van der Waals surface area contributed by atoms with E-state index >= 15 is 0 Å². The summed E-state index contributed by atoms with van der Waals surface area (Å²) in [5, 5.41) is 13.9. The summed E-state index contributed by atoms with van der Waals surface area (Å²) in [6, 6.07) is 4.25.